The lowest BCUT2D eigenvalue weighted by Gasteiger charge is -2.18. The summed E-state index contributed by atoms with van der Waals surface area (Å²) in [5.41, 5.74) is 0. The van der Waals surface area contributed by atoms with E-state index in [1.807, 2.05) is 0 Å². The molecule has 2 heteroatoms. The lowest BCUT2D eigenvalue weighted by molar-refractivity contribution is 0.259. The van der Waals surface area contributed by atoms with Crippen LogP contribution in [-0.4, -0.2) is 12.4 Å². The largest absolute Gasteiger partial charge is 0.315 e. The van der Waals surface area contributed by atoms with Gasteiger partial charge in [0, 0.05) is 5.75 Å². The van der Waals surface area contributed by atoms with Crippen LogP contribution in [-0.2, 0) is 4.18 Å². The molecule has 1 fully saturated rings. The normalized spacial score (nSPS) is 30.4. The van der Waals surface area contributed by atoms with Crippen LogP contribution in [0.1, 0.15) is 19.8 Å². The Hall–Kier alpha value is 0.310. The summed E-state index contributed by atoms with van der Waals surface area (Å²) in [7, 11) is 0. The number of hydrogen-bond acceptors (Lipinski definition) is 2. The lowest BCUT2D eigenvalue weighted by atomic mass is 10.1. The van der Waals surface area contributed by atoms with E-state index >= 15 is 0 Å². The standard InChI is InChI=1S/C6H12OS/c1-2-6-3-4-8-7-5-6/h6H,2-5H2,1H3. The molecular formula is C6H12OS. The molecule has 0 spiro atoms. The van der Waals surface area contributed by atoms with Gasteiger partial charge >= 0.3 is 0 Å². The van der Waals surface area contributed by atoms with Crippen LogP contribution in [0.2, 0.25) is 0 Å². The molecule has 48 valence electrons. The summed E-state index contributed by atoms with van der Waals surface area (Å²) in [6, 6.07) is 0. The Morgan fingerprint density at radius 2 is 2.62 bits per heavy atom. The van der Waals surface area contributed by atoms with E-state index in [9.17, 15) is 0 Å². The molecule has 1 atom stereocenters. The Morgan fingerprint density at radius 3 is 3.00 bits per heavy atom. The van der Waals surface area contributed by atoms with Crippen LogP contribution in [0.3, 0.4) is 0 Å². The SMILES string of the molecule is CCC1CCSOC1. The molecule has 0 aliphatic carbocycles. The van der Waals surface area contributed by atoms with Crippen molar-refractivity contribution in [1.29, 1.82) is 0 Å². The fourth-order valence-electron chi connectivity index (χ4n) is 0.823. The molecule has 0 saturated carbocycles. The predicted octanol–water partition coefficient (Wildman–Crippen LogP) is 2.08. The molecule has 1 heterocycles. The highest BCUT2D eigenvalue weighted by Gasteiger charge is 2.11. The third kappa shape index (κ3) is 1.67. The van der Waals surface area contributed by atoms with Crippen LogP contribution in [0.15, 0.2) is 0 Å². The van der Waals surface area contributed by atoms with Crippen molar-refractivity contribution in [3.63, 3.8) is 0 Å². The van der Waals surface area contributed by atoms with Crippen molar-refractivity contribution >= 4 is 12.0 Å². The Balaban J connectivity index is 2.13. The van der Waals surface area contributed by atoms with Crippen molar-refractivity contribution in [2.75, 3.05) is 12.4 Å². The van der Waals surface area contributed by atoms with Gasteiger partial charge in [0.05, 0.1) is 6.61 Å². The third-order valence-electron chi connectivity index (χ3n) is 1.57. The van der Waals surface area contributed by atoms with Gasteiger partial charge in [0.25, 0.3) is 0 Å². The quantitative estimate of drug-likeness (QED) is 0.505. The zero-order chi connectivity index (χ0) is 5.82. The summed E-state index contributed by atoms with van der Waals surface area (Å²) in [6.07, 6.45) is 2.63. The average Bonchev–Trinajstić information content (AvgIpc) is 1.90. The maximum Gasteiger partial charge on any atom is 0.0642 e. The van der Waals surface area contributed by atoms with Crippen molar-refractivity contribution < 1.29 is 4.18 Å². The first-order chi connectivity index (χ1) is 3.93. The van der Waals surface area contributed by atoms with E-state index in [1.165, 1.54) is 18.6 Å². The summed E-state index contributed by atoms with van der Waals surface area (Å²) in [4.78, 5) is 0. The first-order valence-corrected chi connectivity index (χ1v) is 4.09. The molecule has 0 aromatic heterocycles. The number of hydrogen-bond donors (Lipinski definition) is 0. The molecule has 0 N–H and O–H groups in total. The summed E-state index contributed by atoms with van der Waals surface area (Å²) in [5.74, 6) is 2.04. The zero-order valence-electron chi connectivity index (χ0n) is 5.22. The lowest BCUT2D eigenvalue weighted by Crippen LogP contribution is -2.12. The molecule has 1 unspecified atom stereocenters. The predicted molar refractivity (Wildman–Crippen MR) is 36.8 cm³/mol. The molecule has 1 aliphatic rings. The van der Waals surface area contributed by atoms with Crippen molar-refractivity contribution in [3.05, 3.63) is 0 Å². The van der Waals surface area contributed by atoms with Crippen molar-refractivity contribution in [2.24, 2.45) is 5.92 Å². The first-order valence-electron chi connectivity index (χ1n) is 3.18. The second kappa shape index (κ2) is 3.36. The molecule has 0 aromatic rings. The van der Waals surface area contributed by atoms with E-state index < -0.39 is 0 Å². The van der Waals surface area contributed by atoms with Crippen LogP contribution in [0.25, 0.3) is 0 Å². The van der Waals surface area contributed by atoms with Crippen LogP contribution in [0.4, 0.5) is 0 Å². The van der Waals surface area contributed by atoms with E-state index in [0.29, 0.717) is 0 Å². The minimum absolute atomic E-state index is 0.844. The second-order valence-corrected chi connectivity index (χ2v) is 3.05. The van der Waals surface area contributed by atoms with Gasteiger partial charge in [-0.25, -0.2) is 0 Å². The highest BCUT2D eigenvalue weighted by Crippen LogP contribution is 2.21. The van der Waals surface area contributed by atoms with Crippen molar-refractivity contribution in [1.82, 2.24) is 0 Å². The molecule has 0 amide bonds. The van der Waals surface area contributed by atoms with Gasteiger partial charge in [0.2, 0.25) is 0 Å². The zero-order valence-corrected chi connectivity index (χ0v) is 6.04. The maximum absolute atomic E-state index is 5.19. The first kappa shape index (κ1) is 6.43. The van der Waals surface area contributed by atoms with Gasteiger partial charge in [-0.2, -0.15) is 0 Å². The van der Waals surface area contributed by atoms with Gasteiger partial charge in [-0.3, -0.25) is 0 Å². The minimum Gasteiger partial charge on any atom is -0.315 e. The van der Waals surface area contributed by atoms with Crippen LogP contribution >= 0.6 is 12.0 Å². The van der Waals surface area contributed by atoms with Crippen LogP contribution < -0.4 is 0 Å². The Bertz CT molecular complexity index is 59.5. The summed E-state index contributed by atoms with van der Waals surface area (Å²) in [6.45, 7) is 3.20. The van der Waals surface area contributed by atoms with Gasteiger partial charge in [-0.15, -0.1) is 0 Å². The van der Waals surface area contributed by atoms with Crippen molar-refractivity contribution in [2.45, 2.75) is 19.8 Å². The minimum atomic E-state index is 0.844. The molecular weight excluding hydrogens is 120 g/mol. The van der Waals surface area contributed by atoms with Gasteiger partial charge in [-0.05, 0) is 24.4 Å². The fourth-order valence-corrected chi connectivity index (χ4v) is 1.66. The molecule has 8 heavy (non-hydrogen) atoms. The molecule has 1 nitrogen and oxygen atoms in total. The van der Waals surface area contributed by atoms with E-state index in [1.54, 1.807) is 12.0 Å². The van der Waals surface area contributed by atoms with Crippen LogP contribution in [0, 0.1) is 5.92 Å². The Labute approximate surface area is 55.0 Å². The van der Waals surface area contributed by atoms with E-state index in [4.69, 9.17) is 4.18 Å². The average molecular weight is 132 g/mol. The topological polar surface area (TPSA) is 9.23 Å². The van der Waals surface area contributed by atoms with Gasteiger partial charge in [0.1, 0.15) is 0 Å². The smallest absolute Gasteiger partial charge is 0.0642 e. The molecule has 0 bridgehead atoms. The summed E-state index contributed by atoms with van der Waals surface area (Å²) >= 11 is 1.61. The molecule has 1 rings (SSSR count). The third-order valence-corrected chi connectivity index (χ3v) is 2.28. The number of rotatable bonds is 1. The molecule has 0 radical (unpaired) electrons. The Morgan fingerprint density at radius 1 is 1.75 bits per heavy atom. The maximum atomic E-state index is 5.19. The monoisotopic (exact) mass is 132 g/mol. The fraction of sp³-hybridized carbons (Fsp3) is 1.00. The van der Waals surface area contributed by atoms with Crippen LogP contribution in [0.5, 0.6) is 0 Å². The Kier molecular flexibility index (Phi) is 2.70. The summed E-state index contributed by atoms with van der Waals surface area (Å²) in [5, 5.41) is 0. The summed E-state index contributed by atoms with van der Waals surface area (Å²) < 4.78 is 5.19. The van der Waals surface area contributed by atoms with Gasteiger partial charge in [-0.1, -0.05) is 13.3 Å². The molecule has 1 aliphatic heterocycles. The van der Waals surface area contributed by atoms with E-state index in [0.717, 1.165) is 12.5 Å². The van der Waals surface area contributed by atoms with Crippen molar-refractivity contribution in [3.8, 4) is 0 Å². The highest BCUT2D eigenvalue weighted by molar-refractivity contribution is 7.94. The molecule has 0 aromatic carbocycles. The molecule has 1 saturated heterocycles. The second-order valence-electron chi connectivity index (χ2n) is 2.17. The highest BCUT2D eigenvalue weighted by atomic mass is 32.2. The van der Waals surface area contributed by atoms with Gasteiger partial charge < -0.3 is 4.18 Å². The van der Waals surface area contributed by atoms with Gasteiger partial charge in [0.15, 0.2) is 0 Å². The van der Waals surface area contributed by atoms with E-state index in [2.05, 4.69) is 6.92 Å². The van der Waals surface area contributed by atoms with E-state index in [-0.39, 0.29) is 0 Å².